The molecule has 0 saturated carbocycles. The molecular weight excluding hydrogens is 216 g/mol. The van der Waals surface area contributed by atoms with Crippen molar-refractivity contribution in [2.75, 3.05) is 6.61 Å². The molecule has 0 spiro atoms. The zero-order valence-corrected chi connectivity index (χ0v) is 9.34. The van der Waals surface area contributed by atoms with Crippen LogP contribution in [0.25, 0.3) is 0 Å². The van der Waals surface area contributed by atoms with Gasteiger partial charge in [-0.25, -0.2) is 0 Å². The predicted octanol–water partition coefficient (Wildman–Crippen LogP) is -0.0214. The molecular formula is C10H16O6. The summed E-state index contributed by atoms with van der Waals surface area (Å²) in [5, 5.41) is 9.29. The number of hydrogen-bond donors (Lipinski definition) is 1. The Kier molecular flexibility index (Phi) is 4.70. The van der Waals surface area contributed by atoms with E-state index in [4.69, 9.17) is 14.2 Å². The molecule has 0 bridgehead atoms. The minimum absolute atomic E-state index is 0.0235. The highest BCUT2D eigenvalue weighted by atomic mass is 16.6. The molecule has 0 aromatic rings. The van der Waals surface area contributed by atoms with E-state index in [9.17, 15) is 14.7 Å². The standard InChI is InChI=1S/C10H16O6/c1-6(11)14-5-9-8(15-7(2)12)3-4-10(13)16-9/h8-10,13H,3-5H2,1-2H3/t8-,9+,10-/m0/s1. The van der Waals surface area contributed by atoms with Crippen LogP contribution < -0.4 is 0 Å². The van der Waals surface area contributed by atoms with Gasteiger partial charge in [-0.1, -0.05) is 0 Å². The van der Waals surface area contributed by atoms with Crippen LogP contribution in [0.3, 0.4) is 0 Å². The zero-order chi connectivity index (χ0) is 12.1. The highest BCUT2D eigenvalue weighted by molar-refractivity contribution is 5.66. The van der Waals surface area contributed by atoms with E-state index in [1.165, 1.54) is 13.8 Å². The molecule has 0 unspecified atom stereocenters. The number of carbonyl (C=O) groups excluding carboxylic acids is 2. The van der Waals surface area contributed by atoms with Crippen molar-refractivity contribution >= 4 is 11.9 Å². The van der Waals surface area contributed by atoms with Gasteiger partial charge in [-0.05, 0) is 6.42 Å². The average Bonchev–Trinajstić information content (AvgIpc) is 2.17. The van der Waals surface area contributed by atoms with Crippen molar-refractivity contribution in [2.24, 2.45) is 0 Å². The molecule has 1 rings (SSSR count). The first-order valence-corrected chi connectivity index (χ1v) is 5.13. The van der Waals surface area contributed by atoms with E-state index >= 15 is 0 Å². The van der Waals surface area contributed by atoms with Crippen LogP contribution >= 0.6 is 0 Å². The second-order valence-electron chi connectivity index (χ2n) is 3.66. The third-order valence-electron chi connectivity index (χ3n) is 2.21. The second-order valence-corrected chi connectivity index (χ2v) is 3.66. The van der Waals surface area contributed by atoms with E-state index < -0.39 is 30.4 Å². The topological polar surface area (TPSA) is 82.1 Å². The summed E-state index contributed by atoms with van der Waals surface area (Å²) in [4.78, 5) is 21.5. The molecule has 6 heteroatoms. The monoisotopic (exact) mass is 232 g/mol. The van der Waals surface area contributed by atoms with Crippen LogP contribution in [-0.2, 0) is 23.8 Å². The molecule has 1 fully saturated rings. The van der Waals surface area contributed by atoms with E-state index in [0.717, 1.165) is 0 Å². The van der Waals surface area contributed by atoms with Gasteiger partial charge in [-0.15, -0.1) is 0 Å². The molecule has 1 saturated heterocycles. The number of esters is 2. The van der Waals surface area contributed by atoms with Gasteiger partial charge in [0.1, 0.15) is 18.8 Å². The maximum Gasteiger partial charge on any atom is 0.302 e. The van der Waals surface area contributed by atoms with Crippen molar-refractivity contribution in [1.82, 2.24) is 0 Å². The Morgan fingerprint density at radius 3 is 2.56 bits per heavy atom. The fraction of sp³-hybridized carbons (Fsp3) is 0.800. The van der Waals surface area contributed by atoms with Gasteiger partial charge in [0.05, 0.1) is 0 Å². The van der Waals surface area contributed by atoms with Crippen molar-refractivity contribution in [3.8, 4) is 0 Å². The van der Waals surface area contributed by atoms with Crippen LogP contribution in [0.4, 0.5) is 0 Å². The van der Waals surface area contributed by atoms with Crippen LogP contribution in [0.15, 0.2) is 0 Å². The lowest BCUT2D eigenvalue weighted by Gasteiger charge is -2.33. The Morgan fingerprint density at radius 1 is 1.31 bits per heavy atom. The van der Waals surface area contributed by atoms with Crippen molar-refractivity contribution in [2.45, 2.75) is 45.2 Å². The molecule has 6 nitrogen and oxygen atoms in total. The summed E-state index contributed by atoms with van der Waals surface area (Å²) in [6, 6.07) is 0. The summed E-state index contributed by atoms with van der Waals surface area (Å²) < 4.78 is 14.9. The predicted molar refractivity (Wildman–Crippen MR) is 52.3 cm³/mol. The lowest BCUT2D eigenvalue weighted by atomic mass is 10.1. The average molecular weight is 232 g/mol. The van der Waals surface area contributed by atoms with Gasteiger partial charge in [0.2, 0.25) is 0 Å². The molecule has 0 aromatic heterocycles. The number of hydrogen-bond acceptors (Lipinski definition) is 6. The summed E-state index contributed by atoms with van der Waals surface area (Å²) in [6.45, 7) is 2.55. The van der Waals surface area contributed by atoms with Gasteiger partial charge < -0.3 is 19.3 Å². The Balaban J connectivity index is 2.50. The van der Waals surface area contributed by atoms with Gasteiger partial charge in [0, 0.05) is 20.3 Å². The van der Waals surface area contributed by atoms with E-state index in [-0.39, 0.29) is 6.61 Å². The summed E-state index contributed by atoms with van der Waals surface area (Å²) in [5.41, 5.74) is 0. The quantitative estimate of drug-likeness (QED) is 0.688. The molecule has 92 valence electrons. The van der Waals surface area contributed by atoms with E-state index in [0.29, 0.717) is 12.8 Å². The van der Waals surface area contributed by atoms with Gasteiger partial charge in [-0.2, -0.15) is 0 Å². The lowest BCUT2D eigenvalue weighted by Crippen LogP contribution is -2.44. The van der Waals surface area contributed by atoms with Crippen molar-refractivity contribution in [1.29, 1.82) is 0 Å². The molecule has 16 heavy (non-hydrogen) atoms. The Labute approximate surface area is 93.5 Å². The number of rotatable bonds is 3. The SMILES string of the molecule is CC(=O)OC[C@H]1O[C@H](O)CC[C@@H]1OC(C)=O. The lowest BCUT2D eigenvalue weighted by molar-refractivity contribution is -0.221. The Hall–Kier alpha value is -1.14. The molecule has 0 amide bonds. The van der Waals surface area contributed by atoms with Gasteiger partial charge in [0.15, 0.2) is 6.29 Å². The largest absolute Gasteiger partial charge is 0.463 e. The fourth-order valence-electron chi connectivity index (χ4n) is 1.54. The maximum atomic E-state index is 10.8. The Bertz CT molecular complexity index is 264. The van der Waals surface area contributed by atoms with Gasteiger partial charge in [-0.3, -0.25) is 9.59 Å². The minimum Gasteiger partial charge on any atom is -0.463 e. The van der Waals surface area contributed by atoms with Crippen LogP contribution in [0.1, 0.15) is 26.7 Å². The Morgan fingerprint density at radius 2 is 2.00 bits per heavy atom. The van der Waals surface area contributed by atoms with Crippen molar-refractivity contribution < 1.29 is 28.9 Å². The van der Waals surface area contributed by atoms with Crippen LogP contribution in [-0.4, -0.2) is 42.1 Å². The van der Waals surface area contributed by atoms with E-state index in [1.54, 1.807) is 0 Å². The highest BCUT2D eigenvalue weighted by Crippen LogP contribution is 2.21. The normalized spacial score (nSPS) is 29.6. The number of aliphatic hydroxyl groups excluding tert-OH is 1. The zero-order valence-electron chi connectivity index (χ0n) is 9.34. The first kappa shape index (κ1) is 12.9. The molecule has 1 heterocycles. The van der Waals surface area contributed by atoms with Crippen LogP contribution in [0.2, 0.25) is 0 Å². The molecule has 0 aliphatic carbocycles. The van der Waals surface area contributed by atoms with Gasteiger partial charge >= 0.3 is 11.9 Å². The number of carbonyl (C=O) groups is 2. The second kappa shape index (κ2) is 5.81. The third kappa shape index (κ3) is 4.16. The van der Waals surface area contributed by atoms with Gasteiger partial charge in [0.25, 0.3) is 0 Å². The third-order valence-corrected chi connectivity index (χ3v) is 2.21. The minimum atomic E-state index is -0.896. The van der Waals surface area contributed by atoms with Crippen molar-refractivity contribution in [3.63, 3.8) is 0 Å². The summed E-state index contributed by atoms with van der Waals surface area (Å²) >= 11 is 0. The van der Waals surface area contributed by atoms with Crippen LogP contribution in [0, 0.1) is 0 Å². The number of ether oxygens (including phenoxy) is 3. The molecule has 0 aromatic carbocycles. The molecule has 0 radical (unpaired) electrons. The maximum absolute atomic E-state index is 10.8. The smallest absolute Gasteiger partial charge is 0.302 e. The fourth-order valence-corrected chi connectivity index (χ4v) is 1.54. The summed E-state index contributed by atoms with van der Waals surface area (Å²) in [5.74, 6) is -0.858. The summed E-state index contributed by atoms with van der Waals surface area (Å²) in [7, 11) is 0. The van der Waals surface area contributed by atoms with E-state index in [2.05, 4.69) is 0 Å². The highest BCUT2D eigenvalue weighted by Gasteiger charge is 2.33. The first-order valence-electron chi connectivity index (χ1n) is 5.13. The van der Waals surface area contributed by atoms with Crippen LogP contribution in [0.5, 0.6) is 0 Å². The summed E-state index contributed by atoms with van der Waals surface area (Å²) in [6.07, 6.45) is -1.08. The number of aliphatic hydroxyl groups is 1. The molecule has 3 atom stereocenters. The van der Waals surface area contributed by atoms with Crippen molar-refractivity contribution in [3.05, 3.63) is 0 Å². The molecule has 1 aliphatic rings. The first-order chi connectivity index (χ1) is 7.49. The molecule has 1 aliphatic heterocycles. The molecule has 1 N–H and O–H groups in total. The van der Waals surface area contributed by atoms with E-state index in [1.807, 2.05) is 0 Å².